The van der Waals surface area contributed by atoms with E-state index >= 15 is 0 Å². The number of fused-ring (bicyclic) bond motifs is 2. The van der Waals surface area contributed by atoms with Crippen LogP contribution in [0.25, 0.3) is 21.6 Å². The van der Waals surface area contributed by atoms with Gasteiger partial charge in [-0.25, -0.2) is 9.37 Å². The second-order valence-corrected chi connectivity index (χ2v) is 9.29. The molecular formula is C27H27FN6O. The number of hydrogen-bond donors (Lipinski definition) is 1. The van der Waals surface area contributed by atoms with E-state index in [9.17, 15) is 4.39 Å². The van der Waals surface area contributed by atoms with Crippen LogP contribution < -0.4 is 10.1 Å². The summed E-state index contributed by atoms with van der Waals surface area (Å²) in [6, 6.07) is 9.48. The number of rotatable bonds is 6. The van der Waals surface area contributed by atoms with Crippen LogP contribution in [-0.2, 0) is 13.1 Å². The van der Waals surface area contributed by atoms with Gasteiger partial charge in [0.15, 0.2) is 0 Å². The Bertz CT molecular complexity index is 1470. The Labute approximate surface area is 204 Å². The second-order valence-electron chi connectivity index (χ2n) is 9.29. The summed E-state index contributed by atoms with van der Waals surface area (Å²) in [5.41, 5.74) is 6.28. The van der Waals surface area contributed by atoms with Crippen molar-refractivity contribution in [1.29, 1.82) is 0 Å². The number of aryl methyl sites for hydroxylation is 1. The maximum absolute atomic E-state index is 14.8. The van der Waals surface area contributed by atoms with Gasteiger partial charge in [-0.1, -0.05) is 36.7 Å². The van der Waals surface area contributed by atoms with E-state index in [1.807, 2.05) is 21.0 Å². The highest BCUT2D eigenvalue weighted by Gasteiger charge is 2.26. The number of halogens is 1. The molecule has 3 heterocycles. The van der Waals surface area contributed by atoms with Crippen LogP contribution >= 0.6 is 0 Å². The fourth-order valence-electron chi connectivity index (χ4n) is 4.76. The van der Waals surface area contributed by atoms with E-state index in [0.717, 1.165) is 34.5 Å². The molecular weight excluding hydrogens is 443 g/mol. The van der Waals surface area contributed by atoms with Gasteiger partial charge < -0.3 is 19.8 Å². The lowest BCUT2D eigenvalue weighted by molar-refractivity contribution is 0.337. The lowest BCUT2D eigenvalue weighted by Gasteiger charge is -2.15. The molecule has 1 aliphatic rings. The Kier molecular flexibility index (Phi) is 5.87. The minimum atomic E-state index is -0.276. The van der Waals surface area contributed by atoms with Gasteiger partial charge >= 0.3 is 0 Å². The molecule has 0 saturated carbocycles. The smallest absolute Gasteiger partial charge is 0.288 e. The van der Waals surface area contributed by atoms with Crippen molar-refractivity contribution in [2.75, 3.05) is 26.0 Å². The molecule has 178 valence electrons. The first kappa shape index (κ1) is 22.8. The van der Waals surface area contributed by atoms with Gasteiger partial charge in [0.2, 0.25) is 11.6 Å². The molecule has 1 aliphatic heterocycles. The Balaban J connectivity index is 1.52. The summed E-state index contributed by atoms with van der Waals surface area (Å²) in [7, 11) is 4.09. The highest BCUT2D eigenvalue weighted by molar-refractivity contribution is 5.81. The van der Waals surface area contributed by atoms with Crippen LogP contribution in [0.5, 0.6) is 5.75 Å². The van der Waals surface area contributed by atoms with E-state index in [1.165, 1.54) is 11.6 Å². The molecule has 2 aromatic heterocycles. The molecule has 7 nitrogen and oxygen atoms in total. The van der Waals surface area contributed by atoms with Crippen molar-refractivity contribution in [3.8, 4) is 16.9 Å². The molecule has 8 heteroatoms. The molecule has 0 amide bonds. The maximum atomic E-state index is 14.8. The average molecular weight is 471 g/mol. The van der Waals surface area contributed by atoms with Gasteiger partial charge in [0.05, 0.1) is 12.2 Å². The molecule has 0 fully saturated rings. The average Bonchev–Trinajstić information content (AvgIpc) is 3.43. The fraction of sp³-hybridized carbons (Fsp3) is 0.296. The molecule has 2 aromatic carbocycles. The van der Waals surface area contributed by atoms with Crippen LogP contribution in [0.2, 0.25) is 0 Å². The number of hydrogen-bond acceptors (Lipinski definition) is 5. The standard InChI is InChI=1S/C27H27FN6O/c1-16-10-18(13-33(4)5)6-7-19(16)20-11-30-27(34-14-24(29-3)32-26(20)34)31-12-21-22(28)8-9-23-25(21)17(2)15-35-23/h6-11,14,17H,12-13,15H2,1-2,4-5H3,(H,30,31). The third-order valence-electron chi connectivity index (χ3n) is 6.34. The molecule has 0 aliphatic carbocycles. The number of nitrogens with zero attached hydrogens (tertiary/aromatic N) is 5. The van der Waals surface area contributed by atoms with Crippen molar-refractivity contribution in [2.24, 2.45) is 0 Å². The summed E-state index contributed by atoms with van der Waals surface area (Å²) in [4.78, 5) is 14.8. The second kappa shape index (κ2) is 9.01. The minimum absolute atomic E-state index is 0.119. The van der Waals surface area contributed by atoms with E-state index in [2.05, 4.69) is 50.2 Å². The molecule has 1 unspecified atom stereocenters. The molecule has 0 spiro atoms. The SMILES string of the molecule is [C-]#[N+]c1cn2c(NCc3c(F)ccc4c3C(C)CO4)ncc(-c3ccc(CN(C)C)cc3C)c2n1. The van der Waals surface area contributed by atoms with Crippen molar-refractivity contribution in [1.82, 2.24) is 19.3 Å². The number of benzene rings is 2. The highest BCUT2D eigenvalue weighted by atomic mass is 19.1. The first-order valence-electron chi connectivity index (χ1n) is 11.5. The maximum Gasteiger partial charge on any atom is 0.288 e. The number of aromatic nitrogens is 3. The van der Waals surface area contributed by atoms with Gasteiger partial charge in [0, 0.05) is 42.5 Å². The van der Waals surface area contributed by atoms with Crippen LogP contribution in [0.15, 0.2) is 42.7 Å². The van der Waals surface area contributed by atoms with Crippen LogP contribution in [0.4, 0.5) is 16.2 Å². The van der Waals surface area contributed by atoms with E-state index in [1.54, 1.807) is 22.9 Å². The molecule has 0 radical (unpaired) electrons. The molecule has 1 N–H and O–H groups in total. The predicted octanol–water partition coefficient (Wildman–Crippen LogP) is 5.56. The quantitative estimate of drug-likeness (QED) is 0.374. The van der Waals surface area contributed by atoms with Crippen molar-refractivity contribution >= 4 is 17.4 Å². The normalized spacial score (nSPS) is 14.7. The summed E-state index contributed by atoms with van der Waals surface area (Å²) >= 11 is 0. The summed E-state index contributed by atoms with van der Waals surface area (Å²) in [5, 5.41) is 3.26. The Morgan fingerprint density at radius 3 is 2.83 bits per heavy atom. The van der Waals surface area contributed by atoms with E-state index in [-0.39, 0.29) is 24.1 Å². The van der Waals surface area contributed by atoms with E-state index < -0.39 is 0 Å². The molecule has 1 atom stereocenters. The van der Waals surface area contributed by atoms with Gasteiger partial charge in [-0.15, -0.1) is 0 Å². The predicted molar refractivity (Wildman–Crippen MR) is 134 cm³/mol. The Morgan fingerprint density at radius 2 is 2.09 bits per heavy atom. The van der Waals surface area contributed by atoms with Crippen LogP contribution in [-0.4, -0.2) is 40.0 Å². The molecule has 35 heavy (non-hydrogen) atoms. The highest BCUT2D eigenvalue weighted by Crippen LogP contribution is 2.38. The lowest BCUT2D eigenvalue weighted by atomic mass is 9.97. The van der Waals surface area contributed by atoms with E-state index in [4.69, 9.17) is 11.3 Å². The first-order chi connectivity index (χ1) is 16.9. The van der Waals surface area contributed by atoms with Gasteiger partial charge in [0.25, 0.3) is 5.82 Å². The lowest BCUT2D eigenvalue weighted by Crippen LogP contribution is -2.11. The van der Waals surface area contributed by atoms with Crippen molar-refractivity contribution in [2.45, 2.75) is 32.9 Å². The summed E-state index contributed by atoms with van der Waals surface area (Å²) in [6.07, 6.45) is 3.43. The number of anilines is 1. The van der Waals surface area contributed by atoms with Crippen LogP contribution in [0.1, 0.15) is 35.1 Å². The largest absolute Gasteiger partial charge is 0.493 e. The third kappa shape index (κ3) is 4.19. The fourth-order valence-corrected chi connectivity index (χ4v) is 4.76. The monoisotopic (exact) mass is 470 g/mol. The van der Waals surface area contributed by atoms with Crippen LogP contribution in [0.3, 0.4) is 0 Å². The topological polar surface area (TPSA) is 59.1 Å². The van der Waals surface area contributed by atoms with Crippen LogP contribution in [0, 0.1) is 19.3 Å². The van der Waals surface area contributed by atoms with Crippen molar-refractivity contribution < 1.29 is 9.13 Å². The number of ether oxygens (including phenoxy) is 1. The van der Waals surface area contributed by atoms with E-state index in [0.29, 0.717) is 23.8 Å². The zero-order valence-electron chi connectivity index (χ0n) is 20.3. The van der Waals surface area contributed by atoms with Gasteiger partial charge in [0.1, 0.15) is 11.6 Å². The molecule has 0 bridgehead atoms. The summed E-state index contributed by atoms with van der Waals surface area (Å²) < 4.78 is 22.2. The van der Waals surface area contributed by atoms with Gasteiger partial charge in [-0.05, 0) is 49.8 Å². The van der Waals surface area contributed by atoms with Crippen molar-refractivity contribution in [3.63, 3.8) is 0 Å². The number of imidazole rings is 1. The Morgan fingerprint density at radius 1 is 1.26 bits per heavy atom. The first-order valence-corrected chi connectivity index (χ1v) is 11.5. The van der Waals surface area contributed by atoms with Gasteiger partial charge in [-0.2, -0.15) is 0 Å². The molecule has 4 aromatic rings. The van der Waals surface area contributed by atoms with Crippen molar-refractivity contribution in [3.05, 3.63) is 82.2 Å². The van der Waals surface area contributed by atoms with Gasteiger partial charge in [-0.3, -0.25) is 4.40 Å². The molecule has 5 rings (SSSR count). The third-order valence-corrected chi connectivity index (χ3v) is 6.34. The zero-order valence-corrected chi connectivity index (χ0v) is 20.3. The molecule has 0 saturated heterocycles. The summed E-state index contributed by atoms with van der Waals surface area (Å²) in [6.45, 7) is 13.2. The Hall–Kier alpha value is -3.96. The number of nitrogens with one attached hydrogen (secondary N) is 1. The minimum Gasteiger partial charge on any atom is -0.493 e. The zero-order chi connectivity index (χ0) is 24.7. The summed E-state index contributed by atoms with van der Waals surface area (Å²) in [5.74, 6) is 1.35.